The predicted octanol–water partition coefficient (Wildman–Crippen LogP) is 7.37. The van der Waals surface area contributed by atoms with Crippen molar-refractivity contribution in [3.8, 4) is 0 Å². The molecule has 1 aliphatic carbocycles. The van der Waals surface area contributed by atoms with Crippen molar-refractivity contribution in [1.82, 2.24) is 0 Å². The molecule has 0 saturated heterocycles. The third-order valence-electron chi connectivity index (χ3n) is 5.91. The van der Waals surface area contributed by atoms with Crippen LogP contribution in [0.2, 0.25) is 0 Å². The molecule has 0 atom stereocenters. The normalized spacial score (nSPS) is 14.0. The van der Waals surface area contributed by atoms with E-state index in [9.17, 15) is 0 Å². The molecular formula is C26H28. The van der Waals surface area contributed by atoms with Crippen LogP contribution in [0.15, 0.2) is 54.6 Å². The molecule has 0 aromatic heterocycles. The molecule has 0 heteroatoms. The number of allylic oxidation sites excluding steroid dienone is 2. The molecule has 132 valence electrons. The minimum Gasteiger partial charge on any atom is -0.0654 e. The maximum absolute atomic E-state index is 2.35. The van der Waals surface area contributed by atoms with E-state index in [4.69, 9.17) is 0 Å². The molecule has 0 unspecified atom stereocenters. The van der Waals surface area contributed by atoms with Gasteiger partial charge in [-0.25, -0.2) is 0 Å². The second-order valence-electron chi connectivity index (χ2n) is 7.68. The van der Waals surface area contributed by atoms with Crippen molar-refractivity contribution in [3.63, 3.8) is 0 Å². The summed E-state index contributed by atoms with van der Waals surface area (Å²) in [4.78, 5) is 0. The van der Waals surface area contributed by atoms with Crippen LogP contribution in [-0.4, -0.2) is 0 Å². The summed E-state index contributed by atoms with van der Waals surface area (Å²) in [6.07, 6.45) is 6.00. The van der Waals surface area contributed by atoms with Crippen LogP contribution in [0.3, 0.4) is 0 Å². The van der Waals surface area contributed by atoms with Gasteiger partial charge in [-0.05, 0) is 83.7 Å². The highest BCUT2D eigenvalue weighted by Gasteiger charge is 2.20. The van der Waals surface area contributed by atoms with Gasteiger partial charge >= 0.3 is 0 Å². The molecule has 3 aromatic rings. The first-order chi connectivity index (χ1) is 12.7. The van der Waals surface area contributed by atoms with E-state index in [1.54, 1.807) is 5.57 Å². The quantitative estimate of drug-likeness (QED) is 0.465. The molecule has 0 radical (unpaired) electrons. The smallest absolute Gasteiger partial charge is 0.0146 e. The molecule has 1 aliphatic rings. The van der Waals surface area contributed by atoms with Gasteiger partial charge in [-0.2, -0.15) is 0 Å². The summed E-state index contributed by atoms with van der Waals surface area (Å²) in [7, 11) is 0. The van der Waals surface area contributed by atoms with Crippen LogP contribution in [0.25, 0.3) is 21.9 Å². The minimum absolute atomic E-state index is 1.14. The van der Waals surface area contributed by atoms with Crippen molar-refractivity contribution < 1.29 is 0 Å². The fourth-order valence-electron chi connectivity index (χ4n) is 4.47. The highest BCUT2D eigenvalue weighted by molar-refractivity contribution is 5.99. The van der Waals surface area contributed by atoms with E-state index >= 15 is 0 Å². The Bertz CT molecular complexity index is 988. The van der Waals surface area contributed by atoms with E-state index in [-0.39, 0.29) is 0 Å². The Kier molecular flexibility index (Phi) is 4.68. The third kappa shape index (κ3) is 2.98. The van der Waals surface area contributed by atoms with Gasteiger partial charge in [-0.3, -0.25) is 0 Å². The average Bonchev–Trinajstić information content (AvgIpc) is 2.66. The monoisotopic (exact) mass is 340 g/mol. The minimum atomic E-state index is 1.14. The van der Waals surface area contributed by atoms with Crippen molar-refractivity contribution in [2.75, 3.05) is 0 Å². The molecule has 0 spiro atoms. The van der Waals surface area contributed by atoms with Gasteiger partial charge in [0.15, 0.2) is 0 Å². The van der Waals surface area contributed by atoms with Crippen LogP contribution >= 0.6 is 0 Å². The zero-order valence-corrected chi connectivity index (χ0v) is 16.2. The maximum atomic E-state index is 2.35. The van der Waals surface area contributed by atoms with Crippen molar-refractivity contribution in [1.29, 1.82) is 0 Å². The molecule has 0 bridgehead atoms. The molecule has 0 nitrogen and oxygen atoms in total. The Hall–Kier alpha value is -2.34. The first kappa shape index (κ1) is 17.1. The number of hydrogen-bond acceptors (Lipinski definition) is 0. The standard InChI is InChI=1S/C26H28/c1-4-5-8-20-9-6-7-10-24(20)22-15-16-26-23(19(22)3)14-12-21-17-18(2)11-13-25(21)26/h6-7,9-14,17H,4-5,8,15-16H2,1-3H3. The number of unbranched alkanes of at least 4 members (excludes halogenated alkanes) is 1. The Morgan fingerprint density at radius 1 is 0.846 bits per heavy atom. The molecule has 3 aromatic carbocycles. The summed E-state index contributed by atoms with van der Waals surface area (Å²) in [6, 6.07) is 20.6. The molecule has 0 aliphatic heterocycles. The number of fused-ring (bicyclic) bond motifs is 3. The molecular weight excluding hydrogens is 312 g/mol. The lowest BCUT2D eigenvalue weighted by Gasteiger charge is -2.25. The lowest BCUT2D eigenvalue weighted by molar-refractivity contribution is 0.792. The fraction of sp³-hybridized carbons (Fsp3) is 0.308. The number of aryl methyl sites for hydroxylation is 3. The second kappa shape index (κ2) is 7.11. The highest BCUT2D eigenvalue weighted by atomic mass is 14.2. The van der Waals surface area contributed by atoms with E-state index in [0.717, 1.165) is 12.8 Å². The number of rotatable bonds is 4. The molecule has 0 fully saturated rings. The van der Waals surface area contributed by atoms with E-state index in [0.29, 0.717) is 0 Å². The van der Waals surface area contributed by atoms with Crippen LogP contribution < -0.4 is 0 Å². The van der Waals surface area contributed by atoms with Crippen molar-refractivity contribution >= 4 is 21.9 Å². The highest BCUT2D eigenvalue weighted by Crippen LogP contribution is 2.40. The van der Waals surface area contributed by atoms with Crippen LogP contribution in [0, 0.1) is 6.92 Å². The Labute approximate surface area is 157 Å². The van der Waals surface area contributed by atoms with Gasteiger partial charge in [0.1, 0.15) is 0 Å². The van der Waals surface area contributed by atoms with Crippen molar-refractivity contribution in [2.24, 2.45) is 0 Å². The van der Waals surface area contributed by atoms with E-state index < -0.39 is 0 Å². The summed E-state index contributed by atoms with van der Waals surface area (Å²) < 4.78 is 0. The van der Waals surface area contributed by atoms with Crippen LogP contribution in [-0.2, 0) is 12.8 Å². The van der Waals surface area contributed by atoms with Gasteiger partial charge in [0.25, 0.3) is 0 Å². The molecule has 0 amide bonds. The van der Waals surface area contributed by atoms with E-state index in [1.165, 1.54) is 63.4 Å². The lowest BCUT2D eigenvalue weighted by atomic mass is 9.80. The van der Waals surface area contributed by atoms with Crippen LogP contribution in [0.1, 0.15) is 60.9 Å². The van der Waals surface area contributed by atoms with Crippen molar-refractivity contribution in [3.05, 3.63) is 82.4 Å². The fourth-order valence-corrected chi connectivity index (χ4v) is 4.47. The largest absolute Gasteiger partial charge is 0.0654 e. The zero-order chi connectivity index (χ0) is 18.1. The van der Waals surface area contributed by atoms with Gasteiger partial charge < -0.3 is 0 Å². The molecule has 0 heterocycles. The van der Waals surface area contributed by atoms with Crippen LogP contribution in [0.4, 0.5) is 0 Å². The topological polar surface area (TPSA) is 0 Å². The first-order valence-corrected chi connectivity index (χ1v) is 9.99. The van der Waals surface area contributed by atoms with Crippen LogP contribution in [0.5, 0.6) is 0 Å². The molecule has 0 N–H and O–H groups in total. The Morgan fingerprint density at radius 2 is 1.69 bits per heavy atom. The predicted molar refractivity (Wildman–Crippen MR) is 115 cm³/mol. The van der Waals surface area contributed by atoms with E-state index in [1.807, 2.05) is 0 Å². The summed E-state index contributed by atoms with van der Waals surface area (Å²) in [5.74, 6) is 0. The van der Waals surface area contributed by atoms with Gasteiger partial charge in [0, 0.05) is 0 Å². The number of hydrogen-bond donors (Lipinski definition) is 0. The van der Waals surface area contributed by atoms with Crippen molar-refractivity contribution in [2.45, 2.75) is 52.9 Å². The summed E-state index contributed by atoms with van der Waals surface area (Å²) in [5.41, 5.74) is 10.3. The summed E-state index contributed by atoms with van der Waals surface area (Å²) >= 11 is 0. The lowest BCUT2D eigenvalue weighted by Crippen LogP contribution is -2.06. The maximum Gasteiger partial charge on any atom is -0.0146 e. The second-order valence-corrected chi connectivity index (χ2v) is 7.68. The Balaban J connectivity index is 1.84. The zero-order valence-electron chi connectivity index (χ0n) is 16.2. The average molecular weight is 341 g/mol. The number of benzene rings is 3. The molecule has 4 rings (SSSR count). The summed E-state index contributed by atoms with van der Waals surface area (Å²) in [5, 5.41) is 2.81. The summed E-state index contributed by atoms with van der Waals surface area (Å²) in [6.45, 7) is 6.77. The SMILES string of the molecule is CCCCc1ccccc1C1=C(C)c2ccc3cc(C)ccc3c2CC1. The Morgan fingerprint density at radius 3 is 2.54 bits per heavy atom. The first-order valence-electron chi connectivity index (χ1n) is 9.99. The van der Waals surface area contributed by atoms with E-state index in [2.05, 4.69) is 75.4 Å². The van der Waals surface area contributed by atoms with Gasteiger partial charge in [-0.1, -0.05) is 73.5 Å². The molecule has 0 saturated carbocycles. The van der Waals surface area contributed by atoms with Gasteiger partial charge in [0.05, 0.1) is 0 Å². The van der Waals surface area contributed by atoms with Gasteiger partial charge in [0.2, 0.25) is 0 Å². The van der Waals surface area contributed by atoms with Gasteiger partial charge in [-0.15, -0.1) is 0 Å². The molecule has 26 heavy (non-hydrogen) atoms. The third-order valence-corrected chi connectivity index (χ3v) is 5.91.